The van der Waals surface area contributed by atoms with E-state index in [1.165, 1.54) is 5.56 Å². The average molecular weight is 384 g/mol. The molecular formula is C23H33N3O2. The summed E-state index contributed by atoms with van der Waals surface area (Å²) in [5.74, 6) is 0.842. The minimum Gasteiger partial charge on any atom is -0.382 e. The highest BCUT2D eigenvalue weighted by atomic mass is 16.2. The van der Waals surface area contributed by atoms with Gasteiger partial charge in [-0.15, -0.1) is 0 Å². The number of amides is 1. The van der Waals surface area contributed by atoms with Gasteiger partial charge in [-0.2, -0.15) is 0 Å². The summed E-state index contributed by atoms with van der Waals surface area (Å²) in [4.78, 5) is 29.2. The van der Waals surface area contributed by atoms with Gasteiger partial charge in [-0.25, -0.2) is 0 Å². The molecule has 1 saturated heterocycles. The molecule has 3 aliphatic rings. The first-order valence-electron chi connectivity index (χ1n) is 11.0. The fraction of sp³-hybridized carbons (Fsp3) is 0.652. The zero-order chi connectivity index (χ0) is 19.7. The van der Waals surface area contributed by atoms with Crippen LogP contribution in [0, 0.1) is 5.92 Å². The molecule has 2 aliphatic carbocycles. The van der Waals surface area contributed by atoms with Crippen molar-refractivity contribution in [3.05, 3.63) is 29.3 Å². The Kier molecular flexibility index (Phi) is 5.72. The van der Waals surface area contributed by atoms with Gasteiger partial charge in [-0.3, -0.25) is 14.5 Å². The molecule has 0 aromatic heterocycles. The Morgan fingerprint density at radius 2 is 1.75 bits per heavy atom. The SMILES string of the molecule is CC(C)N1CCN(C(=O)[C@H]2CC[C@H](Nc3ccc4c(c3)CCC4=O)CC2)CC1. The molecule has 28 heavy (non-hydrogen) atoms. The lowest BCUT2D eigenvalue weighted by Crippen LogP contribution is -2.52. The number of hydrogen-bond acceptors (Lipinski definition) is 4. The Bertz CT molecular complexity index is 729. The van der Waals surface area contributed by atoms with E-state index in [1.807, 2.05) is 12.1 Å². The van der Waals surface area contributed by atoms with Gasteiger partial charge in [0, 0.05) is 61.9 Å². The van der Waals surface area contributed by atoms with E-state index in [4.69, 9.17) is 0 Å². The van der Waals surface area contributed by atoms with Gasteiger partial charge >= 0.3 is 0 Å². The molecule has 0 radical (unpaired) electrons. The Morgan fingerprint density at radius 3 is 2.43 bits per heavy atom. The average Bonchev–Trinajstić information content (AvgIpc) is 3.08. The van der Waals surface area contributed by atoms with Crippen LogP contribution in [-0.4, -0.2) is 59.8 Å². The Hall–Kier alpha value is -1.88. The minimum absolute atomic E-state index is 0.196. The first-order chi connectivity index (χ1) is 13.5. The molecule has 1 heterocycles. The summed E-state index contributed by atoms with van der Waals surface area (Å²) in [6, 6.07) is 7.14. The summed E-state index contributed by atoms with van der Waals surface area (Å²) in [5.41, 5.74) is 3.20. The van der Waals surface area contributed by atoms with Crippen LogP contribution < -0.4 is 5.32 Å². The molecule has 0 unspecified atom stereocenters. The first kappa shape index (κ1) is 19.4. The second-order valence-corrected chi connectivity index (χ2v) is 8.94. The topological polar surface area (TPSA) is 52.6 Å². The largest absolute Gasteiger partial charge is 0.382 e. The quantitative estimate of drug-likeness (QED) is 0.866. The second-order valence-electron chi connectivity index (χ2n) is 8.94. The van der Waals surface area contributed by atoms with E-state index in [0.717, 1.165) is 69.5 Å². The van der Waals surface area contributed by atoms with Gasteiger partial charge in [-0.1, -0.05) is 0 Å². The molecule has 0 bridgehead atoms. The fourth-order valence-corrected chi connectivity index (χ4v) is 4.98. The molecule has 5 nitrogen and oxygen atoms in total. The number of nitrogens with one attached hydrogen (secondary N) is 1. The predicted molar refractivity (Wildman–Crippen MR) is 112 cm³/mol. The van der Waals surface area contributed by atoms with Gasteiger partial charge in [0.2, 0.25) is 5.91 Å². The Labute approximate surface area is 168 Å². The fourth-order valence-electron chi connectivity index (χ4n) is 4.98. The molecule has 1 aromatic rings. The highest BCUT2D eigenvalue weighted by molar-refractivity contribution is 6.00. The number of anilines is 1. The van der Waals surface area contributed by atoms with Crippen molar-refractivity contribution in [3.8, 4) is 0 Å². The van der Waals surface area contributed by atoms with Crippen molar-refractivity contribution in [3.63, 3.8) is 0 Å². The molecule has 1 N–H and O–H groups in total. The maximum Gasteiger partial charge on any atom is 0.225 e. The zero-order valence-corrected chi connectivity index (χ0v) is 17.2. The summed E-state index contributed by atoms with van der Waals surface area (Å²) in [6.45, 7) is 8.21. The lowest BCUT2D eigenvalue weighted by molar-refractivity contribution is -0.138. The summed E-state index contributed by atoms with van der Waals surface area (Å²) in [5, 5.41) is 3.64. The maximum absolute atomic E-state index is 12.9. The van der Waals surface area contributed by atoms with E-state index in [9.17, 15) is 9.59 Å². The van der Waals surface area contributed by atoms with Crippen molar-refractivity contribution in [2.24, 2.45) is 5.92 Å². The van der Waals surface area contributed by atoms with Crippen LogP contribution in [0.4, 0.5) is 5.69 Å². The van der Waals surface area contributed by atoms with Crippen LogP contribution >= 0.6 is 0 Å². The Balaban J connectivity index is 1.26. The number of benzene rings is 1. The van der Waals surface area contributed by atoms with Crippen LogP contribution in [0.1, 0.15) is 61.9 Å². The van der Waals surface area contributed by atoms with Crippen LogP contribution in [0.25, 0.3) is 0 Å². The molecule has 1 amide bonds. The predicted octanol–water partition coefficient (Wildman–Crippen LogP) is 3.34. The third kappa shape index (κ3) is 4.09. The number of fused-ring (bicyclic) bond motifs is 1. The molecule has 1 aromatic carbocycles. The third-order valence-corrected chi connectivity index (χ3v) is 6.83. The van der Waals surface area contributed by atoms with E-state index >= 15 is 0 Å². The van der Waals surface area contributed by atoms with Gasteiger partial charge < -0.3 is 10.2 Å². The number of Topliss-reactive ketones (excluding diaryl/α,β-unsaturated/α-hetero) is 1. The molecule has 4 rings (SSSR count). The van der Waals surface area contributed by atoms with Gasteiger partial charge in [0.25, 0.3) is 0 Å². The number of hydrogen-bond donors (Lipinski definition) is 1. The van der Waals surface area contributed by atoms with E-state index in [-0.39, 0.29) is 11.7 Å². The minimum atomic E-state index is 0.196. The molecular weight excluding hydrogens is 350 g/mol. The van der Waals surface area contributed by atoms with Crippen molar-refractivity contribution in [1.82, 2.24) is 9.80 Å². The molecule has 1 aliphatic heterocycles. The normalized spacial score (nSPS) is 25.8. The lowest BCUT2D eigenvalue weighted by atomic mass is 9.85. The van der Waals surface area contributed by atoms with Gasteiger partial charge in [-0.05, 0) is 69.7 Å². The highest BCUT2D eigenvalue weighted by Crippen LogP contribution is 2.30. The van der Waals surface area contributed by atoms with Crippen molar-refractivity contribution in [1.29, 1.82) is 0 Å². The van der Waals surface area contributed by atoms with Crippen molar-refractivity contribution < 1.29 is 9.59 Å². The van der Waals surface area contributed by atoms with Crippen LogP contribution in [0.3, 0.4) is 0 Å². The molecule has 2 fully saturated rings. The van der Waals surface area contributed by atoms with Gasteiger partial charge in [0.1, 0.15) is 0 Å². The molecule has 152 valence electrons. The van der Waals surface area contributed by atoms with E-state index in [2.05, 4.69) is 35.0 Å². The van der Waals surface area contributed by atoms with Crippen molar-refractivity contribution >= 4 is 17.4 Å². The third-order valence-electron chi connectivity index (χ3n) is 6.83. The molecule has 0 atom stereocenters. The van der Waals surface area contributed by atoms with E-state index in [0.29, 0.717) is 24.4 Å². The summed E-state index contributed by atoms with van der Waals surface area (Å²) in [7, 11) is 0. The van der Waals surface area contributed by atoms with Crippen molar-refractivity contribution in [2.75, 3.05) is 31.5 Å². The number of rotatable bonds is 4. The summed E-state index contributed by atoms with van der Waals surface area (Å²) >= 11 is 0. The summed E-state index contributed by atoms with van der Waals surface area (Å²) < 4.78 is 0. The van der Waals surface area contributed by atoms with Gasteiger partial charge in [0.05, 0.1) is 0 Å². The maximum atomic E-state index is 12.9. The molecule has 0 spiro atoms. The number of aryl methyl sites for hydroxylation is 1. The van der Waals surface area contributed by atoms with Crippen LogP contribution in [0.5, 0.6) is 0 Å². The summed E-state index contributed by atoms with van der Waals surface area (Å²) in [6.07, 6.45) is 5.55. The number of piperazine rings is 1. The number of carbonyl (C=O) groups excluding carboxylic acids is 2. The number of carbonyl (C=O) groups is 2. The van der Waals surface area contributed by atoms with E-state index in [1.54, 1.807) is 0 Å². The first-order valence-corrected chi connectivity index (χ1v) is 11.0. The molecule has 1 saturated carbocycles. The van der Waals surface area contributed by atoms with Crippen molar-refractivity contribution in [2.45, 2.75) is 64.5 Å². The number of ketones is 1. The lowest BCUT2D eigenvalue weighted by Gasteiger charge is -2.39. The van der Waals surface area contributed by atoms with E-state index < -0.39 is 0 Å². The molecule has 5 heteroatoms. The Morgan fingerprint density at radius 1 is 1.04 bits per heavy atom. The highest BCUT2D eigenvalue weighted by Gasteiger charge is 2.31. The standard InChI is InChI=1S/C23H33N3O2/c1-16(2)25-11-13-26(14-12-25)23(28)17-3-6-19(7-4-17)24-20-8-9-21-18(15-20)5-10-22(21)27/h8-9,15-17,19,24H,3-7,10-14H2,1-2H3/t17-,19-. The van der Waals surface area contributed by atoms with Crippen LogP contribution in [-0.2, 0) is 11.2 Å². The monoisotopic (exact) mass is 383 g/mol. The van der Waals surface area contributed by atoms with Crippen LogP contribution in [0.2, 0.25) is 0 Å². The smallest absolute Gasteiger partial charge is 0.225 e. The number of nitrogens with zero attached hydrogens (tertiary/aromatic N) is 2. The zero-order valence-electron chi connectivity index (χ0n) is 17.2. The van der Waals surface area contributed by atoms with Crippen LogP contribution in [0.15, 0.2) is 18.2 Å². The second kappa shape index (κ2) is 8.24. The van der Waals surface area contributed by atoms with Gasteiger partial charge in [0.15, 0.2) is 5.78 Å².